The van der Waals surface area contributed by atoms with Crippen molar-refractivity contribution in [3.05, 3.63) is 65.7 Å². The molecule has 4 N–H and O–H groups in total. The average molecular weight is 479 g/mol. The molecule has 1 aromatic heterocycles. The van der Waals surface area contributed by atoms with E-state index in [0.717, 1.165) is 18.2 Å². The standard InChI is InChI=1S/C23H25F4N5O2/c1-32(2)7-8-34-21-10-17(15-12-29-30-13-15)18(24)11-20(21)31-22(33)19(28)9-14-3-5-16(6-4-14)23(25,26)27/h3-6,10-13,19H,7-9,28H2,1-2H3,(H,29,30)(H,31,33)/t19-/m1/s1. The number of nitrogens with zero attached hydrogens (tertiary/aromatic N) is 2. The molecule has 0 bridgehead atoms. The molecule has 1 atom stereocenters. The summed E-state index contributed by atoms with van der Waals surface area (Å²) in [5.41, 5.74) is 6.47. The highest BCUT2D eigenvalue weighted by Crippen LogP contribution is 2.34. The monoisotopic (exact) mass is 479 g/mol. The number of likely N-dealkylation sites (N-methyl/N-ethyl adjacent to an activating group) is 1. The Bertz CT molecular complexity index is 1100. The van der Waals surface area contributed by atoms with Gasteiger partial charge in [-0.25, -0.2) is 4.39 Å². The number of alkyl halides is 3. The lowest BCUT2D eigenvalue weighted by Gasteiger charge is -2.18. The van der Waals surface area contributed by atoms with Crippen LogP contribution in [0.5, 0.6) is 5.75 Å². The summed E-state index contributed by atoms with van der Waals surface area (Å²) in [5.74, 6) is -0.990. The van der Waals surface area contributed by atoms with Crippen molar-refractivity contribution in [1.29, 1.82) is 0 Å². The fraction of sp³-hybridized carbons (Fsp3) is 0.304. The highest BCUT2D eigenvalue weighted by molar-refractivity contribution is 5.96. The number of amides is 1. The molecule has 0 fully saturated rings. The van der Waals surface area contributed by atoms with Crippen molar-refractivity contribution >= 4 is 11.6 Å². The van der Waals surface area contributed by atoms with E-state index in [9.17, 15) is 22.4 Å². The molecule has 1 amide bonds. The normalized spacial score (nSPS) is 12.6. The number of nitrogens with two attached hydrogens (primary N) is 1. The summed E-state index contributed by atoms with van der Waals surface area (Å²) in [5, 5.41) is 9.01. The molecular weight excluding hydrogens is 454 g/mol. The zero-order chi connectivity index (χ0) is 24.9. The molecule has 3 aromatic rings. The van der Waals surface area contributed by atoms with Gasteiger partial charge in [0.2, 0.25) is 5.91 Å². The molecule has 182 valence electrons. The first kappa shape index (κ1) is 25.2. The molecule has 1 heterocycles. The van der Waals surface area contributed by atoms with Crippen LogP contribution in [-0.4, -0.2) is 54.3 Å². The van der Waals surface area contributed by atoms with Crippen molar-refractivity contribution in [1.82, 2.24) is 15.1 Å². The number of H-pyrrole nitrogens is 1. The van der Waals surface area contributed by atoms with Gasteiger partial charge in [-0.05, 0) is 44.3 Å². The number of carbonyl (C=O) groups excluding carboxylic acids is 1. The molecule has 3 rings (SSSR count). The minimum Gasteiger partial charge on any atom is -0.490 e. The van der Waals surface area contributed by atoms with Gasteiger partial charge in [0.15, 0.2) is 0 Å². The molecule has 0 spiro atoms. The molecule has 0 aliphatic carbocycles. The number of anilines is 1. The summed E-state index contributed by atoms with van der Waals surface area (Å²) in [6.45, 7) is 0.864. The van der Waals surface area contributed by atoms with Gasteiger partial charge in [-0.15, -0.1) is 0 Å². The Balaban J connectivity index is 1.76. The van der Waals surface area contributed by atoms with Crippen LogP contribution in [0.3, 0.4) is 0 Å². The minimum absolute atomic E-state index is 0.00360. The van der Waals surface area contributed by atoms with Crippen LogP contribution in [0.15, 0.2) is 48.8 Å². The quantitative estimate of drug-likeness (QED) is 0.407. The molecule has 34 heavy (non-hydrogen) atoms. The first-order chi connectivity index (χ1) is 16.0. The molecule has 11 heteroatoms. The van der Waals surface area contributed by atoms with Crippen LogP contribution >= 0.6 is 0 Å². The van der Waals surface area contributed by atoms with E-state index >= 15 is 0 Å². The van der Waals surface area contributed by atoms with Crippen LogP contribution in [0.25, 0.3) is 11.1 Å². The van der Waals surface area contributed by atoms with Gasteiger partial charge in [0.1, 0.15) is 18.2 Å². The van der Waals surface area contributed by atoms with Crippen LogP contribution in [0.2, 0.25) is 0 Å². The lowest BCUT2D eigenvalue weighted by Crippen LogP contribution is -2.37. The average Bonchev–Trinajstić information content (AvgIpc) is 3.29. The van der Waals surface area contributed by atoms with Crippen molar-refractivity contribution in [3.63, 3.8) is 0 Å². The van der Waals surface area contributed by atoms with Crippen molar-refractivity contribution < 1.29 is 27.1 Å². The lowest BCUT2D eigenvalue weighted by atomic mass is 10.0. The summed E-state index contributed by atoms with van der Waals surface area (Å²) in [4.78, 5) is 14.6. The number of halogens is 4. The first-order valence-electron chi connectivity index (χ1n) is 10.4. The van der Waals surface area contributed by atoms with Gasteiger partial charge < -0.3 is 20.7 Å². The fourth-order valence-corrected chi connectivity index (χ4v) is 3.13. The number of hydrogen-bond donors (Lipinski definition) is 3. The number of nitrogens with one attached hydrogen (secondary N) is 2. The van der Waals surface area contributed by atoms with Gasteiger partial charge in [0.25, 0.3) is 0 Å². The largest absolute Gasteiger partial charge is 0.490 e. The third-order valence-corrected chi connectivity index (χ3v) is 5.01. The smallest absolute Gasteiger partial charge is 0.416 e. The van der Waals surface area contributed by atoms with Crippen LogP contribution in [0.1, 0.15) is 11.1 Å². The van der Waals surface area contributed by atoms with Crippen LogP contribution in [0, 0.1) is 5.82 Å². The van der Waals surface area contributed by atoms with Gasteiger partial charge in [0.05, 0.1) is 23.5 Å². The van der Waals surface area contributed by atoms with E-state index in [1.807, 2.05) is 19.0 Å². The zero-order valence-electron chi connectivity index (χ0n) is 18.6. The molecule has 0 unspecified atom stereocenters. The van der Waals surface area contributed by atoms with E-state index in [-0.39, 0.29) is 30.0 Å². The van der Waals surface area contributed by atoms with E-state index in [1.54, 1.807) is 0 Å². The molecule has 0 aliphatic heterocycles. The Morgan fingerprint density at radius 2 is 1.94 bits per heavy atom. The molecule has 7 nitrogen and oxygen atoms in total. The van der Waals surface area contributed by atoms with Gasteiger partial charge in [0, 0.05) is 29.9 Å². The molecule has 2 aromatic carbocycles. The summed E-state index contributed by atoms with van der Waals surface area (Å²) in [7, 11) is 3.74. The Morgan fingerprint density at radius 1 is 1.24 bits per heavy atom. The Kier molecular flexibility index (Phi) is 7.90. The predicted octanol–water partition coefficient (Wildman–Crippen LogP) is 3.68. The molecule has 0 aliphatic rings. The SMILES string of the molecule is CN(C)CCOc1cc(-c2cn[nH]c2)c(F)cc1NC(=O)[C@H](N)Cc1ccc(C(F)(F)F)cc1. The molecular formula is C23H25F4N5O2. The van der Waals surface area contributed by atoms with Gasteiger partial charge in [-0.1, -0.05) is 12.1 Å². The van der Waals surface area contributed by atoms with E-state index < -0.39 is 29.5 Å². The third-order valence-electron chi connectivity index (χ3n) is 5.01. The van der Waals surface area contributed by atoms with Gasteiger partial charge in [-0.3, -0.25) is 9.89 Å². The third kappa shape index (κ3) is 6.55. The maximum absolute atomic E-state index is 14.8. The number of ether oxygens (including phenoxy) is 1. The van der Waals surface area contributed by atoms with Crippen molar-refractivity contribution in [3.8, 4) is 16.9 Å². The summed E-state index contributed by atoms with van der Waals surface area (Å²) < 4.78 is 58.8. The fourth-order valence-electron chi connectivity index (χ4n) is 3.13. The molecule has 0 saturated heterocycles. The second-order valence-electron chi connectivity index (χ2n) is 7.96. The zero-order valence-corrected chi connectivity index (χ0v) is 18.6. The highest BCUT2D eigenvalue weighted by atomic mass is 19.4. The van der Waals surface area contributed by atoms with Gasteiger partial charge in [-0.2, -0.15) is 18.3 Å². The Hall–Kier alpha value is -3.44. The van der Waals surface area contributed by atoms with E-state index in [1.165, 1.54) is 30.6 Å². The molecule has 0 radical (unpaired) electrons. The highest BCUT2D eigenvalue weighted by Gasteiger charge is 2.30. The van der Waals surface area contributed by atoms with Crippen LogP contribution in [-0.2, 0) is 17.4 Å². The number of aromatic amines is 1. The van der Waals surface area contributed by atoms with Crippen molar-refractivity contribution in [2.75, 3.05) is 32.6 Å². The first-order valence-corrected chi connectivity index (χ1v) is 10.4. The topological polar surface area (TPSA) is 96.3 Å². The number of benzene rings is 2. The number of carbonyl (C=O) groups is 1. The minimum atomic E-state index is -4.45. The maximum Gasteiger partial charge on any atom is 0.416 e. The van der Waals surface area contributed by atoms with E-state index in [2.05, 4.69) is 15.5 Å². The number of aromatic nitrogens is 2. The van der Waals surface area contributed by atoms with Crippen LogP contribution < -0.4 is 15.8 Å². The number of rotatable bonds is 9. The number of hydrogen-bond acceptors (Lipinski definition) is 5. The summed E-state index contributed by atoms with van der Waals surface area (Å²) in [6.07, 6.45) is -1.47. The Morgan fingerprint density at radius 3 is 2.53 bits per heavy atom. The molecule has 0 saturated carbocycles. The van der Waals surface area contributed by atoms with E-state index in [4.69, 9.17) is 10.5 Å². The van der Waals surface area contributed by atoms with E-state index in [0.29, 0.717) is 17.7 Å². The lowest BCUT2D eigenvalue weighted by molar-refractivity contribution is -0.137. The summed E-state index contributed by atoms with van der Waals surface area (Å²) >= 11 is 0. The second-order valence-corrected chi connectivity index (χ2v) is 7.96. The maximum atomic E-state index is 14.8. The van der Waals surface area contributed by atoms with Crippen LogP contribution in [0.4, 0.5) is 23.2 Å². The van der Waals surface area contributed by atoms with Crippen molar-refractivity contribution in [2.24, 2.45) is 5.73 Å². The Labute approximate surface area is 193 Å². The van der Waals surface area contributed by atoms with Crippen molar-refractivity contribution in [2.45, 2.75) is 18.6 Å². The summed E-state index contributed by atoms with van der Waals surface area (Å²) in [6, 6.07) is 5.92. The van der Waals surface area contributed by atoms with Gasteiger partial charge >= 0.3 is 6.18 Å². The second kappa shape index (κ2) is 10.7. The predicted molar refractivity (Wildman–Crippen MR) is 120 cm³/mol.